The summed E-state index contributed by atoms with van der Waals surface area (Å²) >= 11 is 5.33. The highest BCUT2D eigenvalue weighted by Crippen LogP contribution is 2.25. The lowest BCUT2D eigenvalue weighted by atomic mass is 10.1. The summed E-state index contributed by atoms with van der Waals surface area (Å²) in [4.78, 5) is 24.0. The summed E-state index contributed by atoms with van der Waals surface area (Å²) in [5.74, 6) is 0. The Kier molecular flexibility index (Phi) is 6.11. The van der Waals surface area contributed by atoms with Crippen molar-refractivity contribution in [2.24, 2.45) is 0 Å². The zero-order valence-corrected chi connectivity index (χ0v) is 11.9. The molecular weight excluding hydrogens is 280 g/mol. The van der Waals surface area contributed by atoms with Crippen molar-refractivity contribution in [2.45, 2.75) is 18.6 Å². The number of ether oxygens (including phenoxy) is 1. The van der Waals surface area contributed by atoms with Gasteiger partial charge >= 0.3 is 6.09 Å². The third-order valence-electron chi connectivity index (χ3n) is 2.50. The van der Waals surface area contributed by atoms with Crippen LogP contribution in [0.25, 0.3) is 0 Å². The van der Waals surface area contributed by atoms with Crippen molar-refractivity contribution in [3.8, 4) is 0 Å². The van der Waals surface area contributed by atoms with Gasteiger partial charge < -0.3 is 4.74 Å². The summed E-state index contributed by atoms with van der Waals surface area (Å²) in [5.41, 5.74) is 0. The van der Waals surface area contributed by atoms with Gasteiger partial charge in [-0.05, 0) is 24.2 Å². The molecule has 1 rings (SSSR count). The SMILES string of the molecule is C=PCCC1C(CP=C)OC(=O)N1CC(=O)Cl. The highest BCUT2D eigenvalue weighted by Gasteiger charge is 2.41. The zero-order valence-electron chi connectivity index (χ0n) is 9.34. The third-order valence-corrected chi connectivity index (χ3v) is 3.81. The molecule has 0 saturated carbocycles. The molecule has 0 spiro atoms. The lowest BCUT2D eigenvalue weighted by Crippen LogP contribution is -2.40. The molecule has 2 unspecified atom stereocenters. The Morgan fingerprint density at radius 2 is 2.18 bits per heavy atom. The minimum absolute atomic E-state index is 0.0892. The van der Waals surface area contributed by atoms with Gasteiger partial charge in [-0.1, -0.05) is 12.6 Å². The first-order valence-corrected chi connectivity index (χ1v) is 8.01. The van der Waals surface area contributed by atoms with E-state index in [1.807, 2.05) is 0 Å². The van der Waals surface area contributed by atoms with Gasteiger partial charge in [-0.2, -0.15) is 0 Å². The van der Waals surface area contributed by atoms with Crippen LogP contribution >= 0.6 is 28.0 Å². The molecule has 1 aliphatic rings. The molecular formula is C10H14ClNO3P2. The Labute approximate surface area is 109 Å². The van der Waals surface area contributed by atoms with E-state index < -0.39 is 11.3 Å². The molecule has 17 heavy (non-hydrogen) atoms. The first-order valence-electron chi connectivity index (χ1n) is 5.10. The number of carbonyl (C=O) groups is 2. The fraction of sp³-hybridized carbons (Fsp3) is 0.600. The first-order chi connectivity index (χ1) is 8.10. The van der Waals surface area contributed by atoms with Crippen LogP contribution in [0.2, 0.25) is 0 Å². The maximum absolute atomic E-state index is 11.6. The van der Waals surface area contributed by atoms with Gasteiger partial charge in [0.1, 0.15) is 6.10 Å². The highest BCUT2D eigenvalue weighted by atomic mass is 35.5. The van der Waals surface area contributed by atoms with Crippen LogP contribution in [-0.4, -0.2) is 59.8 Å². The second-order valence-electron chi connectivity index (χ2n) is 3.61. The van der Waals surface area contributed by atoms with Crippen LogP contribution in [0.1, 0.15) is 6.42 Å². The average molecular weight is 294 g/mol. The topological polar surface area (TPSA) is 46.6 Å². The largest absolute Gasteiger partial charge is 0.443 e. The van der Waals surface area contributed by atoms with Crippen molar-refractivity contribution in [1.82, 2.24) is 4.90 Å². The molecule has 4 nitrogen and oxygen atoms in total. The average Bonchev–Trinajstić information content (AvgIpc) is 2.53. The van der Waals surface area contributed by atoms with Crippen LogP contribution < -0.4 is 0 Å². The maximum Gasteiger partial charge on any atom is 0.410 e. The van der Waals surface area contributed by atoms with E-state index in [2.05, 4.69) is 12.6 Å². The van der Waals surface area contributed by atoms with E-state index in [-0.39, 0.29) is 18.7 Å². The molecule has 0 aromatic carbocycles. The summed E-state index contributed by atoms with van der Waals surface area (Å²) in [5, 5.41) is -0.549. The number of carbonyl (C=O) groups excluding carboxylic acids is 2. The molecule has 0 N–H and O–H groups in total. The summed E-state index contributed by atoms with van der Waals surface area (Å²) in [6.07, 6.45) is 9.12. The molecule has 7 heteroatoms. The molecule has 0 aromatic rings. The number of hydrogen-bond acceptors (Lipinski definition) is 3. The van der Waals surface area contributed by atoms with Crippen molar-refractivity contribution in [3.05, 3.63) is 0 Å². The molecule has 1 amide bonds. The second kappa shape index (κ2) is 7.10. The smallest absolute Gasteiger partial charge is 0.410 e. The molecule has 0 aromatic heterocycles. The Morgan fingerprint density at radius 1 is 1.47 bits per heavy atom. The molecule has 0 bridgehead atoms. The van der Waals surface area contributed by atoms with Crippen LogP contribution in [0.15, 0.2) is 0 Å². The minimum Gasteiger partial charge on any atom is -0.443 e. The van der Waals surface area contributed by atoms with E-state index in [4.69, 9.17) is 16.3 Å². The number of cyclic esters (lactones) is 1. The number of amides is 1. The fourth-order valence-electron chi connectivity index (χ4n) is 1.78. The Bertz CT molecular complexity index is 338. The Hall–Kier alpha value is -0.430. The standard InChI is InChI=1S/C10H14ClNO3P2/c1-16-4-3-7-8(6-17-2)15-10(14)12(7)5-9(11)13/h7-8H,1-6H2. The summed E-state index contributed by atoms with van der Waals surface area (Å²) in [6, 6.07) is -0.0892. The van der Waals surface area contributed by atoms with Crippen molar-refractivity contribution < 1.29 is 14.3 Å². The van der Waals surface area contributed by atoms with Gasteiger partial charge in [-0.3, -0.25) is 9.69 Å². The van der Waals surface area contributed by atoms with Crippen LogP contribution in [0, 0.1) is 0 Å². The van der Waals surface area contributed by atoms with Gasteiger partial charge in [0, 0.05) is 6.16 Å². The van der Waals surface area contributed by atoms with E-state index in [0.717, 1.165) is 29.0 Å². The normalized spacial score (nSPS) is 24.3. The summed E-state index contributed by atoms with van der Waals surface area (Å²) < 4.78 is 5.23. The van der Waals surface area contributed by atoms with Gasteiger partial charge in [0.25, 0.3) is 0 Å². The zero-order chi connectivity index (χ0) is 12.8. The fourth-order valence-corrected chi connectivity index (χ4v) is 2.93. The predicted octanol–water partition coefficient (Wildman–Crippen LogP) is 2.09. The molecule has 1 saturated heterocycles. The molecule has 2 atom stereocenters. The van der Waals surface area contributed by atoms with E-state index in [1.54, 1.807) is 0 Å². The van der Waals surface area contributed by atoms with Crippen LogP contribution in [0.3, 0.4) is 0 Å². The number of nitrogens with zero attached hydrogens (tertiary/aromatic N) is 1. The third kappa shape index (κ3) is 4.06. The first kappa shape index (κ1) is 14.6. The molecule has 1 fully saturated rings. The van der Waals surface area contributed by atoms with E-state index in [9.17, 15) is 9.59 Å². The Balaban J connectivity index is 2.76. The molecule has 0 radical (unpaired) electrons. The monoisotopic (exact) mass is 293 g/mol. The highest BCUT2D eigenvalue weighted by molar-refractivity contribution is 7.36. The number of rotatable bonds is 7. The lowest BCUT2D eigenvalue weighted by molar-refractivity contribution is -0.112. The van der Waals surface area contributed by atoms with Crippen molar-refractivity contribution in [1.29, 1.82) is 0 Å². The van der Waals surface area contributed by atoms with E-state index in [1.165, 1.54) is 4.90 Å². The molecule has 0 aliphatic carbocycles. The van der Waals surface area contributed by atoms with Crippen molar-refractivity contribution in [2.75, 3.05) is 18.9 Å². The van der Waals surface area contributed by atoms with Gasteiger partial charge in [0.15, 0.2) is 0 Å². The quantitative estimate of drug-likeness (QED) is 0.533. The lowest BCUT2D eigenvalue weighted by Gasteiger charge is -2.22. The van der Waals surface area contributed by atoms with Crippen LogP contribution in [0.4, 0.5) is 4.79 Å². The van der Waals surface area contributed by atoms with Gasteiger partial charge in [0.05, 0.1) is 12.6 Å². The minimum atomic E-state index is -0.549. The predicted molar refractivity (Wildman–Crippen MR) is 74.1 cm³/mol. The van der Waals surface area contributed by atoms with Crippen molar-refractivity contribution >= 4 is 51.9 Å². The Morgan fingerprint density at radius 3 is 2.71 bits per heavy atom. The van der Waals surface area contributed by atoms with Gasteiger partial charge in [-0.25, -0.2) is 4.79 Å². The van der Waals surface area contributed by atoms with E-state index >= 15 is 0 Å². The van der Waals surface area contributed by atoms with Gasteiger partial charge in [-0.15, -0.1) is 16.4 Å². The molecule has 94 valence electrons. The molecule has 1 aliphatic heterocycles. The molecule has 1 heterocycles. The van der Waals surface area contributed by atoms with E-state index in [0.29, 0.717) is 6.16 Å². The van der Waals surface area contributed by atoms with Crippen LogP contribution in [-0.2, 0) is 9.53 Å². The summed E-state index contributed by atoms with van der Waals surface area (Å²) in [7, 11) is 1.93. The second-order valence-corrected chi connectivity index (χ2v) is 5.74. The summed E-state index contributed by atoms with van der Waals surface area (Å²) in [6.45, 7) is -0.0936. The van der Waals surface area contributed by atoms with Crippen LogP contribution in [0.5, 0.6) is 0 Å². The van der Waals surface area contributed by atoms with Gasteiger partial charge in [0.2, 0.25) is 5.24 Å². The number of hydrogen-bond donors (Lipinski definition) is 0. The van der Waals surface area contributed by atoms with Crippen molar-refractivity contribution in [3.63, 3.8) is 0 Å². The number of halogens is 1. The maximum atomic E-state index is 11.6.